The summed E-state index contributed by atoms with van der Waals surface area (Å²) < 4.78 is 44.3. The van der Waals surface area contributed by atoms with Crippen molar-refractivity contribution in [2.45, 2.75) is 38.4 Å². The number of amides is 1. The van der Waals surface area contributed by atoms with Crippen LogP contribution in [0.25, 0.3) is 0 Å². The smallest absolute Gasteiger partial charge is 0.406 e. The normalized spacial score (nSPS) is 17.4. The molecule has 0 N–H and O–H groups in total. The molecule has 2 aromatic rings. The molecule has 0 aromatic carbocycles. The highest BCUT2D eigenvalue weighted by Crippen LogP contribution is 2.35. The van der Waals surface area contributed by atoms with Crippen LogP contribution in [0.15, 0.2) is 35.1 Å². The fourth-order valence-corrected chi connectivity index (χ4v) is 3.13. The second-order valence-corrected chi connectivity index (χ2v) is 5.95. The van der Waals surface area contributed by atoms with Gasteiger partial charge in [0.2, 0.25) is 0 Å². The van der Waals surface area contributed by atoms with Gasteiger partial charge < -0.3 is 9.32 Å². The molecule has 1 unspecified atom stereocenters. The van der Waals surface area contributed by atoms with Gasteiger partial charge in [-0.1, -0.05) is 6.07 Å². The lowest BCUT2D eigenvalue weighted by Gasteiger charge is -2.35. The number of furan rings is 1. The van der Waals surface area contributed by atoms with E-state index >= 15 is 0 Å². The molecule has 4 nitrogen and oxygen atoms in total. The van der Waals surface area contributed by atoms with Gasteiger partial charge in [-0.2, -0.15) is 13.2 Å². The second-order valence-electron chi connectivity index (χ2n) is 5.95. The number of hydrogen-bond acceptors (Lipinski definition) is 3. The van der Waals surface area contributed by atoms with Crippen LogP contribution >= 0.6 is 0 Å². The van der Waals surface area contributed by atoms with Crippen LogP contribution in [-0.4, -0.2) is 28.5 Å². The molecule has 0 bridgehead atoms. The molecule has 2 heterocycles. The first-order chi connectivity index (χ1) is 11.3. The number of nitrogens with zero attached hydrogens (tertiary/aromatic N) is 2. The number of aromatic nitrogens is 1. The predicted octanol–water partition coefficient (Wildman–Crippen LogP) is 4.07. The molecule has 0 spiro atoms. The molecular formula is C17H17F3N2O2. The Morgan fingerprint density at radius 2 is 2.25 bits per heavy atom. The molecule has 1 atom stereocenters. The Kier molecular flexibility index (Phi) is 4.34. The van der Waals surface area contributed by atoms with Gasteiger partial charge in [-0.05, 0) is 43.9 Å². The van der Waals surface area contributed by atoms with Gasteiger partial charge >= 0.3 is 6.18 Å². The average molecular weight is 338 g/mol. The summed E-state index contributed by atoms with van der Waals surface area (Å²) in [6, 6.07) is 4.39. The first kappa shape index (κ1) is 16.5. The molecular weight excluding hydrogens is 321 g/mol. The first-order valence-electron chi connectivity index (χ1n) is 7.72. The number of carbonyl (C=O) groups is 1. The van der Waals surface area contributed by atoms with Crippen LogP contribution in [0.4, 0.5) is 13.2 Å². The van der Waals surface area contributed by atoms with Crippen molar-refractivity contribution >= 4 is 5.91 Å². The van der Waals surface area contributed by atoms with Crippen molar-refractivity contribution in [3.05, 3.63) is 53.2 Å². The minimum absolute atomic E-state index is 0.125. The van der Waals surface area contributed by atoms with E-state index in [1.807, 2.05) is 6.07 Å². The monoisotopic (exact) mass is 338 g/mol. The number of fused-ring (bicyclic) bond motifs is 1. The van der Waals surface area contributed by atoms with Crippen LogP contribution < -0.4 is 0 Å². The van der Waals surface area contributed by atoms with E-state index in [0.717, 1.165) is 23.3 Å². The molecule has 1 amide bonds. The van der Waals surface area contributed by atoms with Gasteiger partial charge in [0.1, 0.15) is 18.6 Å². The standard InChI is InChI=1S/C17H17F3N2O2/c1-11-8-13(9-24-11)16(23)22(10-17(18,19)20)14-6-2-4-12-5-3-7-21-15(12)14/h3,5,7-9,14H,2,4,6,10H2,1H3. The summed E-state index contributed by atoms with van der Waals surface area (Å²) in [6.07, 6.45) is 0.204. The third-order valence-corrected chi connectivity index (χ3v) is 4.13. The fourth-order valence-electron chi connectivity index (χ4n) is 3.13. The lowest BCUT2D eigenvalue weighted by Crippen LogP contribution is -2.42. The molecule has 2 aromatic heterocycles. The Morgan fingerprint density at radius 1 is 1.46 bits per heavy atom. The van der Waals surface area contributed by atoms with Gasteiger partial charge in [0.05, 0.1) is 17.3 Å². The highest BCUT2D eigenvalue weighted by atomic mass is 19.4. The van der Waals surface area contributed by atoms with Crippen LogP contribution in [-0.2, 0) is 6.42 Å². The molecule has 0 saturated carbocycles. The lowest BCUT2D eigenvalue weighted by molar-refractivity contribution is -0.145. The van der Waals surface area contributed by atoms with Gasteiger partial charge in [-0.15, -0.1) is 0 Å². The van der Waals surface area contributed by atoms with Gasteiger partial charge in [-0.25, -0.2) is 0 Å². The number of rotatable bonds is 3. The molecule has 24 heavy (non-hydrogen) atoms. The molecule has 7 heteroatoms. The predicted molar refractivity (Wildman–Crippen MR) is 80.5 cm³/mol. The Labute approximate surface area is 137 Å². The van der Waals surface area contributed by atoms with Crippen molar-refractivity contribution in [3.8, 4) is 0 Å². The number of carbonyl (C=O) groups excluding carboxylic acids is 1. The summed E-state index contributed by atoms with van der Waals surface area (Å²) in [4.78, 5) is 17.8. The van der Waals surface area contributed by atoms with Crippen LogP contribution in [0.3, 0.4) is 0 Å². The molecule has 3 rings (SSSR count). The zero-order valence-corrected chi connectivity index (χ0v) is 13.1. The summed E-state index contributed by atoms with van der Waals surface area (Å²) in [5.41, 5.74) is 1.58. The van der Waals surface area contributed by atoms with Crippen LogP contribution in [0, 0.1) is 6.92 Å². The molecule has 128 valence electrons. The number of pyridine rings is 1. The Hall–Kier alpha value is -2.31. The molecule has 1 aliphatic carbocycles. The maximum atomic E-state index is 13.1. The summed E-state index contributed by atoms with van der Waals surface area (Å²) in [7, 11) is 0. The summed E-state index contributed by atoms with van der Waals surface area (Å²) in [5, 5.41) is 0. The van der Waals surface area contributed by atoms with E-state index in [9.17, 15) is 18.0 Å². The largest absolute Gasteiger partial charge is 0.469 e. The second kappa shape index (κ2) is 6.30. The minimum Gasteiger partial charge on any atom is -0.469 e. The number of aryl methyl sites for hydroxylation is 2. The number of alkyl halides is 3. The van der Waals surface area contributed by atoms with Crippen LogP contribution in [0.5, 0.6) is 0 Å². The maximum Gasteiger partial charge on any atom is 0.406 e. The van der Waals surface area contributed by atoms with E-state index in [1.165, 1.54) is 12.3 Å². The van der Waals surface area contributed by atoms with Crippen molar-refractivity contribution in [1.29, 1.82) is 0 Å². The van der Waals surface area contributed by atoms with E-state index in [2.05, 4.69) is 4.98 Å². The molecule has 0 radical (unpaired) electrons. The maximum absolute atomic E-state index is 13.1. The summed E-state index contributed by atoms with van der Waals surface area (Å²) in [5.74, 6) is -0.208. The summed E-state index contributed by atoms with van der Waals surface area (Å²) in [6.45, 7) is 0.332. The number of hydrogen-bond donors (Lipinski definition) is 0. The molecule has 0 fully saturated rings. The highest BCUT2D eigenvalue weighted by molar-refractivity contribution is 5.94. The van der Waals surface area contributed by atoms with Crippen molar-refractivity contribution in [2.75, 3.05) is 6.54 Å². The van der Waals surface area contributed by atoms with Gasteiger partial charge in [-0.3, -0.25) is 9.78 Å². The van der Waals surface area contributed by atoms with E-state index in [-0.39, 0.29) is 5.56 Å². The molecule has 1 aliphatic rings. The topological polar surface area (TPSA) is 46.3 Å². The Morgan fingerprint density at radius 3 is 2.92 bits per heavy atom. The minimum atomic E-state index is -4.49. The van der Waals surface area contributed by atoms with Crippen molar-refractivity contribution in [1.82, 2.24) is 9.88 Å². The SMILES string of the molecule is Cc1cc(C(=O)N(CC(F)(F)F)C2CCCc3cccnc32)co1. The first-order valence-corrected chi connectivity index (χ1v) is 7.72. The van der Waals surface area contributed by atoms with Crippen LogP contribution in [0.2, 0.25) is 0 Å². The average Bonchev–Trinajstić information content (AvgIpc) is 2.97. The van der Waals surface area contributed by atoms with Gasteiger partial charge in [0.15, 0.2) is 0 Å². The van der Waals surface area contributed by atoms with Gasteiger partial charge in [0, 0.05) is 6.20 Å². The third kappa shape index (κ3) is 3.44. The third-order valence-electron chi connectivity index (χ3n) is 4.13. The van der Waals surface area contributed by atoms with Crippen molar-refractivity contribution in [2.24, 2.45) is 0 Å². The quantitative estimate of drug-likeness (QED) is 0.848. The van der Waals surface area contributed by atoms with Gasteiger partial charge in [0.25, 0.3) is 5.91 Å². The Balaban J connectivity index is 1.98. The van der Waals surface area contributed by atoms with E-state index in [1.54, 1.807) is 19.2 Å². The van der Waals surface area contributed by atoms with Crippen molar-refractivity contribution < 1.29 is 22.4 Å². The van der Waals surface area contributed by atoms with E-state index < -0.39 is 24.7 Å². The summed E-state index contributed by atoms with van der Waals surface area (Å²) >= 11 is 0. The Bertz CT molecular complexity index is 739. The van der Waals surface area contributed by atoms with Crippen molar-refractivity contribution in [3.63, 3.8) is 0 Å². The molecule has 0 saturated heterocycles. The zero-order chi connectivity index (χ0) is 17.3. The lowest BCUT2D eigenvalue weighted by atomic mass is 9.90. The highest BCUT2D eigenvalue weighted by Gasteiger charge is 2.39. The van der Waals surface area contributed by atoms with E-state index in [4.69, 9.17) is 4.42 Å². The number of halogens is 3. The fraction of sp³-hybridized carbons (Fsp3) is 0.412. The zero-order valence-electron chi connectivity index (χ0n) is 13.1. The van der Waals surface area contributed by atoms with E-state index in [0.29, 0.717) is 17.9 Å². The van der Waals surface area contributed by atoms with Crippen LogP contribution in [0.1, 0.15) is 46.3 Å². The molecule has 0 aliphatic heterocycles.